The fourth-order valence-electron chi connectivity index (χ4n) is 3.76. The second-order valence-corrected chi connectivity index (χ2v) is 10.3. The zero-order valence-corrected chi connectivity index (χ0v) is 24.0. The maximum absolute atomic E-state index is 13.2. The number of aromatic nitrogens is 1. The lowest BCUT2D eigenvalue weighted by Crippen LogP contribution is -2.32. The number of halogens is 1. The van der Waals surface area contributed by atoms with Crippen molar-refractivity contribution in [2.75, 3.05) is 22.1 Å². The first kappa shape index (κ1) is 29.4. The number of carbonyl (C=O) groups is 5. The van der Waals surface area contributed by atoms with Crippen LogP contribution >= 0.6 is 22.9 Å². The first-order valence-corrected chi connectivity index (χ1v) is 13.6. The van der Waals surface area contributed by atoms with Crippen LogP contribution in [0, 0.1) is 6.92 Å². The van der Waals surface area contributed by atoms with Gasteiger partial charge in [0.15, 0.2) is 5.13 Å². The molecule has 1 aliphatic rings. The third-order valence-electron chi connectivity index (χ3n) is 5.60. The molecule has 41 heavy (non-hydrogen) atoms. The third-order valence-corrected chi connectivity index (χ3v) is 7.01. The molecule has 0 aliphatic carbocycles. The van der Waals surface area contributed by atoms with Crippen LogP contribution in [-0.4, -0.2) is 47.4 Å². The SMILES string of the molecule is CCOC(=O)c1sc(NC(=O)c2cccc(NC3=C(Cl)C(=O)N(c4ccc(C(=O)OC(C)C)cc4)C3=O)c2)nc1C. The van der Waals surface area contributed by atoms with E-state index in [0.29, 0.717) is 16.3 Å². The topological polar surface area (TPSA) is 144 Å². The fourth-order valence-corrected chi connectivity index (χ4v) is 4.83. The quantitative estimate of drug-likeness (QED) is 0.261. The minimum Gasteiger partial charge on any atom is -0.462 e. The number of hydrogen-bond donors (Lipinski definition) is 2. The average Bonchev–Trinajstić information content (AvgIpc) is 3.40. The molecule has 3 amide bonds. The van der Waals surface area contributed by atoms with Gasteiger partial charge in [-0.05, 0) is 70.2 Å². The van der Waals surface area contributed by atoms with Crippen LogP contribution in [0.25, 0.3) is 0 Å². The number of benzene rings is 2. The number of esters is 2. The molecule has 0 saturated heterocycles. The van der Waals surface area contributed by atoms with E-state index in [-0.39, 0.29) is 45.4 Å². The summed E-state index contributed by atoms with van der Waals surface area (Å²) in [7, 11) is 0. The summed E-state index contributed by atoms with van der Waals surface area (Å²) in [6.07, 6.45) is -0.300. The summed E-state index contributed by atoms with van der Waals surface area (Å²) in [4.78, 5) is 68.5. The molecule has 0 saturated carbocycles. The monoisotopic (exact) mass is 596 g/mol. The summed E-state index contributed by atoms with van der Waals surface area (Å²) in [5, 5.41) is 5.36. The van der Waals surface area contributed by atoms with Crippen molar-refractivity contribution in [3.8, 4) is 0 Å². The van der Waals surface area contributed by atoms with E-state index in [1.807, 2.05) is 0 Å². The molecule has 0 unspecified atom stereocenters. The lowest BCUT2D eigenvalue weighted by atomic mass is 10.2. The van der Waals surface area contributed by atoms with Gasteiger partial charge < -0.3 is 14.8 Å². The van der Waals surface area contributed by atoms with E-state index in [4.69, 9.17) is 21.1 Å². The lowest BCUT2D eigenvalue weighted by Gasteiger charge is -2.16. The van der Waals surface area contributed by atoms with Crippen LogP contribution in [0.1, 0.15) is 56.9 Å². The zero-order valence-electron chi connectivity index (χ0n) is 22.4. The standard InChI is InChI=1S/C28H25ClN4O7S/c1-5-39-27(38)22-15(4)30-28(41-22)32-23(34)17-7-6-8-18(13-17)31-21-20(29)24(35)33(25(21)36)19-11-9-16(10-12-19)26(37)40-14(2)3/h6-14,31H,5H2,1-4H3,(H,30,32,34). The largest absolute Gasteiger partial charge is 0.462 e. The highest BCUT2D eigenvalue weighted by Crippen LogP contribution is 2.31. The molecule has 212 valence electrons. The highest BCUT2D eigenvalue weighted by molar-refractivity contribution is 7.17. The maximum Gasteiger partial charge on any atom is 0.350 e. The number of nitrogens with zero attached hydrogens (tertiary/aromatic N) is 2. The number of amides is 3. The molecular formula is C28H25ClN4O7S. The molecule has 0 atom stereocenters. The minimum atomic E-state index is -0.748. The maximum atomic E-state index is 13.2. The molecule has 4 rings (SSSR count). The van der Waals surface area contributed by atoms with Crippen molar-refractivity contribution in [2.45, 2.75) is 33.8 Å². The molecule has 2 heterocycles. The van der Waals surface area contributed by atoms with Gasteiger partial charge in [-0.1, -0.05) is 29.0 Å². The summed E-state index contributed by atoms with van der Waals surface area (Å²) >= 11 is 7.23. The first-order valence-electron chi connectivity index (χ1n) is 12.4. The fraction of sp³-hybridized carbons (Fsp3) is 0.214. The summed E-state index contributed by atoms with van der Waals surface area (Å²) in [6, 6.07) is 12.0. The highest BCUT2D eigenvalue weighted by atomic mass is 35.5. The van der Waals surface area contributed by atoms with Crippen LogP contribution in [0.5, 0.6) is 0 Å². The number of carbonyl (C=O) groups excluding carboxylic acids is 5. The van der Waals surface area contributed by atoms with E-state index in [0.717, 1.165) is 16.2 Å². The predicted molar refractivity (Wildman–Crippen MR) is 153 cm³/mol. The van der Waals surface area contributed by atoms with Crippen molar-refractivity contribution in [3.05, 3.63) is 81.0 Å². The van der Waals surface area contributed by atoms with E-state index in [1.54, 1.807) is 45.9 Å². The van der Waals surface area contributed by atoms with Crippen LogP contribution in [-0.2, 0) is 19.1 Å². The predicted octanol–water partition coefficient (Wildman–Crippen LogP) is 4.88. The van der Waals surface area contributed by atoms with E-state index in [2.05, 4.69) is 15.6 Å². The molecule has 0 bridgehead atoms. The van der Waals surface area contributed by atoms with Crippen molar-refractivity contribution in [2.24, 2.45) is 0 Å². The Morgan fingerprint density at radius 1 is 1.02 bits per heavy atom. The van der Waals surface area contributed by atoms with E-state index in [9.17, 15) is 24.0 Å². The van der Waals surface area contributed by atoms with Crippen LogP contribution in [0.15, 0.2) is 59.3 Å². The number of hydrogen-bond acceptors (Lipinski definition) is 10. The number of ether oxygens (including phenoxy) is 2. The van der Waals surface area contributed by atoms with E-state index < -0.39 is 29.7 Å². The van der Waals surface area contributed by atoms with Crippen molar-refractivity contribution < 1.29 is 33.4 Å². The van der Waals surface area contributed by atoms with Crippen molar-refractivity contribution in [1.82, 2.24) is 4.98 Å². The van der Waals surface area contributed by atoms with Crippen molar-refractivity contribution in [1.29, 1.82) is 0 Å². The van der Waals surface area contributed by atoms with Crippen LogP contribution in [0.3, 0.4) is 0 Å². The Morgan fingerprint density at radius 2 is 1.73 bits per heavy atom. The van der Waals surface area contributed by atoms with Crippen LogP contribution in [0.2, 0.25) is 0 Å². The molecule has 0 radical (unpaired) electrons. The molecule has 0 fully saturated rings. The van der Waals surface area contributed by atoms with Crippen LogP contribution in [0.4, 0.5) is 16.5 Å². The number of rotatable bonds is 9. The smallest absolute Gasteiger partial charge is 0.350 e. The van der Waals surface area contributed by atoms with Gasteiger partial charge in [0.1, 0.15) is 15.6 Å². The summed E-state index contributed by atoms with van der Waals surface area (Å²) < 4.78 is 10.2. The van der Waals surface area contributed by atoms with Gasteiger partial charge in [0.25, 0.3) is 17.7 Å². The first-order chi connectivity index (χ1) is 19.5. The Morgan fingerprint density at radius 3 is 2.39 bits per heavy atom. The lowest BCUT2D eigenvalue weighted by molar-refractivity contribution is -0.120. The summed E-state index contributed by atoms with van der Waals surface area (Å²) in [5.41, 5.74) is 1.27. The van der Waals surface area contributed by atoms with Gasteiger partial charge in [0.05, 0.1) is 29.7 Å². The number of imide groups is 1. The van der Waals surface area contributed by atoms with Crippen LogP contribution < -0.4 is 15.5 Å². The Bertz CT molecular complexity index is 1580. The van der Waals surface area contributed by atoms with E-state index >= 15 is 0 Å². The van der Waals surface area contributed by atoms with Gasteiger partial charge in [0, 0.05) is 11.3 Å². The minimum absolute atomic E-state index is 0.174. The Labute approximate surface area is 244 Å². The molecular weight excluding hydrogens is 572 g/mol. The molecule has 1 aliphatic heterocycles. The second kappa shape index (κ2) is 12.3. The zero-order chi connectivity index (χ0) is 29.8. The van der Waals surface area contributed by atoms with Crippen molar-refractivity contribution in [3.63, 3.8) is 0 Å². The summed E-state index contributed by atoms with van der Waals surface area (Å²) in [6.45, 7) is 6.99. The number of aryl methyl sites for hydroxylation is 1. The van der Waals surface area contributed by atoms with Gasteiger partial charge in [-0.2, -0.15) is 0 Å². The van der Waals surface area contributed by atoms with Crippen molar-refractivity contribution >= 4 is 69.1 Å². The van der Waals surface area contributed by atoms with Gasteiger partial charge in [0.2, 0.25) is 0 Å². The summed E-state index contributed by atoms with van der Waals surface area (Å²) in [5.74, 6) is -3.02. The number of anilines is 3. The normalized spacial score (nSPS) is 13.1. The number of nitrogens with one attached hydrogen (secondary N) is 2. The van der Waals surface area contributed by atoms with Gasteiger partial charge in [-0.3, -0.25) is 19.7 Å². The van der Waals surface area contributed by atoms with Gasteiger partial charge >= 0.3 is 11.9 Å². The molecule has 1 aromatic heterocycles. The molecule has 13 heteroatoms. The van der Waals surface area contributed by atoms with E-state index in [1.165, 1.54) is 30.3 Å². The number of thiazole rings is 1. The third kappa shape index (κ3) is 6.44. The molecule has 0 spiro atoms. The molecule has 2 aromatic carbocycles. The van der Waals surface area contributed by atoms with Gasteiger partial charge in [-0.25, -0.2) is 19.5 Å². The Kier molecular flexibility index (Phi) is 8.84. The Hall–Kier alpha value is -4.55. The molecule has 11 nitrogen and oxygen atoms in total. The second-order valence-electron chi connectivity index (χ2n) is 8.95. The average molecular weight is 597 g/mol. The van der Waals surface area contributed by atoms with Gasteiger partial charge in [-0.15, -0.1) is 0 Å². The molecule has 3 aromatic rings. The Balaban J connectivity index is 1.47. The highest BCUT2D eigenvalue weighted by Gasteiger charge is 2.39. The molecule has 2 N–H and O–H groups in total.